The van der Waals surface area contributed by atoms with Crippen molar-refractivity contribution in [1.29, 1.82) is 0 Å². The summed E-state index contributed by atoms with van der Waals surface area (Å²) in [4.78, 5) is 0. The van der Waals surface area contributed by atoms with Crippen LogP contribution >= 0.6 is 0 Å². The smallest absolute Gasteiger partial charge is 0.0133 e. The number of benzene rings is 1. The lowest BCUT2D eigenvalue weighted by atomic mass is 9.76. The van der Waals surface area contributed by atoms with E-state index in [0.29, 0.717) is 6.04 Å². The van der Waals surface area contributed by atoms with Gasteiger partial charge in [0.2, 0.25) is 0 Å². The van der Waals surface area contributed by atoms with Gasteiger partial charge in [0.25, 0.3) is 0 Å². The van der Waals surface area contributed by atoms with Gasteiger partial charge in [-0.3, -0.25) is 0 Å². The minimum Gasteiger partial charge on any atom is -0.316 e. The zero-order chi connectivity index (χ0) is 14.5. The molecular weight excluding hydrogens is 242 g/mol. The summed E-state index contributed by atoms with van der Waals surface area (Å²) in [5, 5.41) is 3.59. The van der Waals surface area contributed by atoms with Gasteiger partial charge in [0.1, 0.15) is 0 Å². The van der Waals surface area contributed by atoms with E-state index in [1.54, 1.807) is 0 Å². The van der Waals surface area contributed by atoms with Crippen molar-refractivity contribution in [3.63, 3.8) is 0 Å². The molecule has 20 heavy (non-hydrogen) atoms. The monoisotopic (exact) mass is 273 g/mol. The molecule has 1 fully saturated rings. The second-order valence-electron chi connectivity index (χ2n) is 6.78. The fraction of sp³-hybridized carbons (Fsp3) is 0.684. The van der Waals surface area contributed by atoms with E-state index in [-0.39, 0.29) is 0 Å². The third-order valence-corrected chi connectivity index (χ3v) is 5.15. The molecule has 1 saturated carbocycles. The van der Waals surface area contributed by atoms with E-state index in [1.165, 1.54) is 55.2 Å². The Morgan fingerprint density at radius 1 is 1.05 bits per heavy atom. The van der Waals surface area contributed by atoms with Crippen molar-refractivity contribution in [3.05, 3.63) is 34.9 Å². The van der Waals surface area contributed by atoms with Crippen LogP contribution in [0.2, 0.25) is 0 Å². The SMILES string of the molecule is CCC1CCC(C(Cc2cc(C)cc(C)c2)NC)CC1. The van der Waals surface area contributed by atoms with Gasteiger partial charge in [-0.25, -0.2) is 0 Å². The van der Waals surface area contributed by atoms with E-state index in [0.717, 1.165) is 11.8 Å². The fourth-order valence-corrected chi connectivity index (χ4v) is 3.94. The van der Waals surface area contributed by atoms with E-state index >= 15 is 0 Å². The van der Waals surface area contributed by atoms with Crippen molar-refractivity contribution in [3.8, 4) is 0 Å². The van der Waals surface area contributed by atoms with Crippen LogP contribution in [0.3, 0.4) is 0 Å². The van der Waals surface area contributed by atoms with Gasteiger partial charge in [-0.2, -0.15) is 0 Å². The van der Waals surface area contributed by atoms with E-state index in [4.69, 9.17) is 0 Å². The molecule has 0 heterocycles. The van der Waals surface area contributed by atoms with Crippen LogP contribution in [0.1, 0.15) is 55.7 Å². The molecule has 1 N–H and O–H groups in total. The molecule has 0 spiro atoms. The molecule has 1 atom stereocenters. The number of aryl methyl sites for hydroxylation is 2. The summed E-state index contributed by atoms with van der Waals surface area (Å²) >= 11 is 0. The molecule has 112 valence electrons. The first-order valence-electron chi connectivity index (χ1n) is 8.36. The highest BCUT2D eigenvalue weighted by molar-refractivity contribution is 5.29. The van der Waals surface area contributed by atoms with Crippen molar-refractivity contribution in [2.45, 2.75) is 65.3 Å². The molecular formula is C19H31N. The van der Waals surface area contributed by atoms with Crippen molar-refractivity contribution in [1.82, 2.24) is 5.32 Å². The quantitative estimate of drug-likeness (QED) is 0.823. The molecule has 1 aromatic rings. The zero-order valence-corrected chi connectivity index (χ0v) is 13.7. The largest absolute Gasteiger partial charge is 0.316 e. The van der Waals surface area contributed by atoms with Gasteiger partial charge < -0.3 is 5.32 Å². The van der Waals surface area contributed by atoms with Crippen LogP contribution < -0.4 is 5.32 Å². The van der Waals surface area contributed by atoms with Gasteiger partial charge in [-0.15, -0.1) is 0 Å². The standard InChI is InChI=1S/C19H31N/c1-5-16-6-8-18(9-7-16)19(20-4)13-17-11-14(2)10-15(3)12-17/h10-12,16,18-20H,5-9,13H2,1-4H3. The summed E-state index contributed by atoms with van der Waals surface area (Å²) in [7, 11) is 2.14. The third-order valence-electron chi connectivity index (χ3n) is 5.15. The Morgan fingerprint density at radius 2 is 1.65 bits per heavy atom. The first-order chi connectivity index (χ1) is 9.62. The first-order valence-corrected chi connectivity index (χ1v) is 8.36. The number of rotatable bonds is 5. The summed E-state index contributed by atoms with van der Waals surface area (Å²) in [6.07, 6.45) is 8.25. The summed E-state index contributed by atoms with van der Waals surface area (Å²) in [5.74, 6) is 1.86. The molecule has 1 nitrogen and oxygen atoms in total. The van der Waals surface area contributed by atoms with Crippen LogP contribution in [0.4, 0.5) is 0 Å². The summed E-state index contributed by atoms with van der Waals surface area (Å²) in [6.45, 7) is 6.75. The molecule has 0 bridgehead atoms. The lowest BCUT2D eigenvalue weighted by Gasteiger charge is -2.33. The van der Waals surface area contributed by atoms with E-state index in [9.17, 15) is 0 Å². The van der Waals surface area contributed by atoms with Crippen LogP contribution in [0.5, 0.6) is 0 Å². The second-order valence-corrected chi connectivity index (χ2v) is 6.78. The van der Waals surface area contributed by atoms with Crippen molar-refractivity contribution < 1.29 is 0 Å². The second kappa shape index (κ2) is 7.26. The molecule has 0 aromatic heterocycles. The fourth-order valence-electron chi connectivity index (χ4n) is 3.94. The zero-order valence-electron chi connectivity index (χ0n) is 13.7. The van der Waals surface area contributed by atoms with Gasteiger partial charge in [0.15, 0.2) is 0 Å². The minimum absolute atomic E-state index is 0.647. The Hall–Kier alpha value is -0.820. The maximum absolute atomic E-state index is 3.59. The van der Waals surface area contributed by atoms with Crippen LogP contribution in [0.15, 0.2) is 18.2 Å². The Bertz CT molecular complexity index is 396. The molecule has 0 amide bonds. The van der Waals surface area contributed by atoms with Crippen molar-refractivity contribution >= 4 is 0 Å². The Morgan fingerprint density at radius 3 is 2.15 bits per heavy atom. The predicted octanol–water partition coefficient (Wildman–Crippen LogP) is 4.65. The number of nitrogens with one attached hydrogen (secondary N) is 1. The highest BCUT2D eigenvalue weighted by Crippen LogP contribution is 2.33. The normalized spacial score (nSPS) is 24.6. The Balaban J connectivity index is 1.98. The first kappa shape index (κ1) is 15.6. The molecule has 1 aliphatic rings. The van der Waals surface area contributed by atoms with Crippen molar-refractivity contribution in [2.24, 2.45) is 11.8 Å². The minimum atomic E-state index is 0.647. The van der Waals surface area contributed by atoms with Crippen LogP contribution in [-0.4, -0.2) is 13.1 Å². The lowest BCUT2D eigenvalue weighted by Crippen LogP contribution is -2.37. The average Bonchev–Trinajstić information content (AvgIpc) is 2.44. The molecule has 1 heteroatoms. The Labute approximate surface area is 125 Å². The maximum atomic E-state index is 3.59. The van der Waals surface area contributed by atoms with E-state index in [1.807, 2.05) is 0 Å². The average molecular weight is 273 g/mol. The molecule has 1 unspecified atom stereocenters. The molecule has 0 saturated heterocycles. The van der Waals surface area contributed by atoms with Gasteiger partial charge in [0, 0.05) is 6.04 Å². The summed E-state index contributed by atoms with van der Waals surface area (Å²) < 4.78 is 0. The summed E-state index contributed by atoms with van der Waals surface area (Å²) in [6, 6.07) is 7.63. The number of likely N-dealkylation sites (N-methyl/N-ethyl adjacent to an activating group) is 1. The third kappa shape index (κ3) is 4.09. The van der Waals surface area contributed by atoms with Crippen molar-refractivity contribution in [2.75, 3.05) is 7.05 Å². The number of hydrogen-bond donors (Lipinski definition) is 1. The van der Waals surface area contributed by atoms with Crippen LogP contribution in [0.25, 0.3) is 0 Å². The molecule has 2 rings (SSSR count). The van der Waals surface area contributed by atoms with Crippen LogP contribution in [0, 0.1) is 25.7 Å². The highest BCUT2D eigenvalue weighted by Gasteiger charge is 2.26. The topological polar surface area (TPSA) is 12.0 Å². The molecule has 0 radical (unpaired) electrons. The predicted molar refractivity (Wildman–Crippen MR) is 88.2 cm³/mol. The lowest BCUT2D eigenvalue weighted by molar-refractivity contribution is 0.222. The molecule has 1 aromatic carbocycles. The van der Waals surface area contributed by atoms with Gasteiger partial charge in [-0.1, -0.05) is 55.5 Å². The highest BCUT2D eigenvalue weighted by atomic mass is 14.9. The molecule has 1 aliphatic carbocycles. The van der Waals surface area contributed by atoms with Gasteiger partial charge in [-0.05, 0) is 57.6 Å². The van der Waals surface area contributed by atoms with Gasteiger partial charge in [0.05, 0.1) is 0 Å². The Kier molecular flexibility index (Phi) is 5.65. The summed E-state index contributed by atoms with van der Waals surface area (Å²) in [5.41, 5.74) is 4.29. The van der Waals surface area contributed by atoms with E-state index in [2.05, 4.69) is 51.3 Å². The number of hydrogen-bond acceptors (Lipinski definition) is 1. The maximum Gasteiger partial charge on any atom is 0.0133 e. The van der Waals surface area contributed by atoms with E-state index < -0.39 is 0 Å². The molecule has 0 aliphatic heterocycles. The van der Waals surface area contributed by atoms with Gasteiger partial charge >= 0.3 is 0 Å². The van der Waals surface area contributed by atoms with Crippen LogP contribution in [-0.2, 0) is 6.42 Å².